The summed E-state index contributed by atoms with van der Waals surface area (Å²) < 4.78 is 48.8. The molecular weight excluding hydrogens is 659 g/mol. The van der Waals surface area contributed by atoms with Gasteiger partial charge in [0.15, 0.2) is 5.82 Å². The number of carbonyl (C=O) groups excluding carboxylic acids is 2. The summed E-state index contributed by atoms with van der Waals surface area (Å²) in [5.74, 6) is -0.641. The van der Waals surface area contributed by atoms with E-state index in [-0.39, 0.29) is 60.5 Å². The van der Waals surface area contributed by atoms with Crippen molar-refractivity contribution in [1.29, 1.82) is 0 Å². The number of piperazine rings is 1. The van der Waals surface area contributed by atoms with E-state index in [9.17, 15) is 32.3 Å². The van der Waals surface area contributed by atoms with Gasteiger partial charge >= 0.3 is 6.18 Å². The minimum atomic E-state index is -4.61. The lowest BCUT2D eigenvalue weighted by Crippen LogP contribution is -2.51. The molecule has 18 heteroatoms. The van der Waals surface area contributed by atoms with Crippen LogP contribution < -0.4 is 21.3 Å². The molecule has 4 aromatic rings. The van der Waals surface area contributed by atoms with Crippen molar-refractivity contribution in [1.82, 2.24) is 33.8 Å². The Morgan fingerprint density at radius 3 is 2.48 bits per heavy atom. The van der Waals surface area contributed by atoms with E-state index in [1.165, 1.54) is 22.8 Å². The normalized spacial score (nSPS) is 15.6. The number of aryl methyl sites for hydroxylation is 1. The fourth-order valence-electron chi connectivity index (χ4n) is 5.84. The van der Waals surface area contributed by atoms with E-state index in [0.717, 1.165) is 28.3 Å². The molecule has 1 fully saturated rings. The molecule has 0 spiro atoms. The first kappa shape index (κ1) is 33.0. The number of aromatic amines is 1. The number of H-pyrrole nitrogens is 1. The summed E-state index contributed by atoms with van der Waals surface area (Å²) >= 11 is 6.10. The number of hydrogen-bond acceptors (Lipinski definition) is 8. The second-order valence-electron chi connectivity index (χ2n) is 11.3. The number of halogens is 4. The summed E-state index contributed by atoms with van der Waals surface area (Å²) in [5, 5.41) is 9.49. The monoisotopic (exact) mass is 689 g/mol. The number of benzene rings is 1. The zero-order chi connectivity index (χ0) is 34.3. The first-order valence-corrected chi connectivity index (χ1v) is 15.5. The van der Waals surface area contributed by atoms with E-state index < -0.39 is 34.7 Å². The Morgan fingerprint density at radius 2 is 1.88 bits per heavy atom. The highest BCUT2D eigenvalue weighted by atomic mass is 35.5. The average Bonchev–Trinajstić information content (AvgIpc) is 3.66. The lowest BCUT2D eigenvalue weighted by atomic mass is 10.1. The van der Waals surface area contributed by atoms with Crippen LogP contribution in [0.1, 0.15) is 40.8 Å². The smallest absolute Gasteiger partial charge is 0.377 e. The Labute approximate surface area is 275 Å². The Hall–Kier alpha value is -4.90. The summed E-state index contributed by atoms with van der Waals surface area (Å²) in [5.41, 5.74) is -0.344. The van der Waals surface area contributed by atoms with Crippen LogP contribution in [0.5, 0.6) is 0 Å². The van der Waals surface area contributed by atoms with Crippen molar-refractivity contribution in [2.75, 3.05) is 49.6 Å². The van der Waals surface area contributed by atoms with Gasteiger partial charge in [-0.3, -0.25) is 23.9 Å². The topological polar surface area (TPSA) is 152 Å². The van der Waals surface area contributed by atoms with Gasteiger partial charge in [-0.15, -0.1) is 5.10 Å². The largest absolute Gasteiger partial charge is 0.416 e. The molecule has 254 valence electrons. The van der Waals surface area contributed by atoms with Crippen LogP contribution in [0.4, 0.5) is 24.5 Å². The molecule has 0 atom stereocenters. The van der Waals surface area contributed by atoms with Gasteiger partial charge in [0.1, 0.15) is 17.8 Å². The van der Waals surface area contributed by atoms with Crippen LogP contribution in [-0.2, 0) is 35.7 Å². The molecule has 0 bridgehead atoms. The molecule has 0 radical (unpaired) electrons. The molecule has 2 N–H and O–H groups in total. The minimum Gasteiger partial charge on any atom is -0.377 e. The third-order valence-electron chi connectivity index (χ3n) is 8.33. The standard InChI is InChI=1S/C30H31ClF3N9O5/c1-3-22-24(40-8-10-41(11-9-40)27(46)19-15-35-39(2)26(19)45)28(47)43-29(37-25(38-43)17-6-12-48-13-7-17)42(22)16-23(44)36-21-5-4-18(14-20(21)31)30(32,33)34/h4-6,14-15,35H,3,7-13,16H2,1-2H3,(H,36,44). The first-order chi connectivity index (χ1) is 22.9. The van der Waals surface area contributed by atoms with Gasteiger partial charge in [0.05, 0.1) is 35.2 Å². The van der Waals surface area contributed by atoms with Gasteiger partial charge in [-0.1, -0.05) is 24.6 Å². The van der Waals surface area contributed by atoms with Crippen LogP contribution in [-0.4, -0.2) is 85.1 Å². The molecule has 0 aliphatic carbocycles. The van der Waals surface area contributed by atoms with Crippen LogP contribution in [0.25, 0.3) is 11.4 Å². The molecular formula is C30H31ClF3N9O5. The number of nitrogens with zero attached hydrogens (tertiary/aromatic N) is 7. The van der Waals surface area contributed by atoms with Gasteiger partial charge in [0.2, 0.25) is 11.7 Å². The van der Waals surface area contributed by atoms with Crippen molar-refractivity contribution in [2.24, 2.45) is 7.05 Å². The van der Waals surface area contributed by atoms with Gasteiger partial charge in [-0.05, 0) is 36.6 Å². The van der Waals surface area contributed by atoms with Crippen molar-refractivity contribution < 1.29 is 27.5 Å². The second-order valence-corrected chi connectivity index (χ2v) is 11.7. The van der Waals surface area contributed by atoms with E-state index in [4.69, 9.17) is 16.3 Å². The van der Waals surface area contributed by atoms with E-state index in [1.807, 2.05) is 17.9 Å². The van der Waals surface area contributed by atoms with E-state index in [1.54, 1.807) is 4.57 Å². The SMILES string of the molecule is CCc1c(N2CCN(C(=O)c3c[nH]n(C)c3=O)CC2)c(=O)n2nc(C3=CCOCC3)nc2n1CC(=O)Nc1ccc(C(F)(F)F)cc1Cl. The van der Waals surface area contributed by atoms with Crippen molar-refractivity contribution in [2.45, 2.75) is 32.5 Å². The number of alkyl halides is 3. The Bertz CT molecular complexity index is 2050. The molecule has 5 heterocycles. The number of carbonyl (C=O) groups is 2. The molecule has 1 saturated heterocycles. The summed E-state index contributed by atoms with van der Waals surface area (Å²) in [6.45, 7) is 3.19. The van der Waals surface area contributed by atoms with Gasteiger partial charge in [-0.2, -0.15) is 22.7 Å². The van der Waals surface area contributed by atoms with Crippen molar-refractivity contribution >= 4 is 46.1 Å². The highest BCUT2D eigenvalue weighted by Crippen LogP contribution is 2.34. The van der Waals surface area contributed by atoms with Crippen molar-refractivity contribution in [3.05, 3.63) is 78.8 Å². The lowest BCUT2D eigenvalue weighted by molar-refractivity contribution is -0.137. The fourth-order valence-corrected chi connectivity index (χ4v) is 6.07. The third kappa shape index (κ3) is 6.22. The highest BCUT2D eigenvalue weighted by Gasteiger charge is 2.32. The molecule has 0 unspecified atom stereocenters. The predicted octanol–water partition coefficient (Wildman–Crippen LogP) is 2.56. The first-order valence-electron chi connectivity index (χ1n) is 15.1. The van der Waals surface area contributed by atoms with Crippen LogP contribution in [0.2, 0.25) is 5.02 Å². The maximum Gasteiger partial charge on any atom is 0.416 e. The summed E-state index contributed by atoms with van der Waals surface area (Å²) in [6, 6.07) is 2.63. The van der Waals surface area contributed by atoms with E-state index in [2.05, 4.69) is 20.5 Å². The number of aromatic nitrogens is 6. The number of rotatable bonds is 7. The Balaban J connectivity index is 1.35. The van der Waals surface area contributed by atoms with Gasteiger partial charge in [-0.25, -0.2) is 0 Å². The van der Waals surface area contributed by atoms with Crippen molar-refractivity contribution in [3.63, 3.8) is 0 Å². The third-order valence-corrected chi connectivity index (χ3v) is 8.65. The zero-order valence-electron chi connectivity index (χ0n) is 25.9. The fraction of sp³-hybridized carbons (Fsp3) is 0.400. The van der Waals surface area contributed by atoms with E-state index in [0.29, 0.717) is 37.6 Å². The molecule has 48 heavy (non-hydrogen) atoms. The molecule has 14 nitrogen and oxygen atoms in total. The number of hydrogen-bond donors (Lipinski definition) is 2. The lowest BCUT2D eigenvalue weighted by Gasteiger charge is -2.36. The summed E-state index contributed by atoms with van der Waals surface area (Å²) in [6.07, 6.45) is -0.609. The van der Waals surface area contributed by atoms with Gasteiger partial charge in [0.25, 0.3) is 17.0 Å². The van der Waals surface area contributed by atoms with Crippen LogP contribution >= 0.6 is 11.6 Å². The molecule has 2 aliphatic rings. The van der Waals surface area contributed by atoms with Crippen molar-refractivity contribution in [3.8, 4) is 0 Å². The Kier molecular flexibility index (Phi) is 8.91. The number of amides is 2. The predicted molar refractivity (Wildman–Crippen MR) is 169 cm³/mol. The molecule has 0 saturated carbocycles. The molecule has 1 aromatic carbocycles. The maximum absolute atomic E-state index is 14.1. The van der Waals surface area contributed by atoms with Crippen LogP contribution in [0, 0.1) is 0 Å². The zero-order valence-corrected chi connectivity index (χ0v) is 26.7. The number of anilines is 2. The molecule has 2 amide bonds. The second kappa shape index (κ2) is 13.0. The average molecular weight is 690 g/mol. The van der Waals surface area contributed by atoms with Crippen LogP contribution in [0.15, 0.2) is 40.1 Å². The van der Waals surface area contributed by atoms with Gasteiger partial charge < -0.3 is 29.5 Å². The quantitative estimate of drug-likeness (QED) is 0.301. The van der Waals surface area contributed by atoms with E-state index >= 15 is 0 Å². The highest BCUT2D eigenvalue weighted by molar-refractivity contribution is 6.33. The number of fused-ring (bicyclic) bond motifs is 1. The number of nitrogens with one attached hydrogen (secondary N) is 2. The molecule has 2 aliphatic heterocycles. The summed E-state index contributed by atoms with van der Waals surface area (Å²) in [7, 11) is 1.51. The van der Waals surface area contributed by atoms with Crippen LogP contribution in [0.3, 0.4) is 0 Å². The Morgan fingerprint density at radius 1 is 1.12 bits per heavy atom. The van der Waals surface area contributed by atoms with Gasteiger partial charge in [0, 0.05) is 39.4 Å². The minimum absolute atomic E-state index is 0.0145. The summed E-state index contributed by atoms with van der Waals surface area (Å²) in [4.78, 5) is 60.9. The number of ether oxygens (including phenoxy) is 1. The maximum atomic E-state index is 14.1. The molecule has 6 rings (SSSR count). The molecule has 3 aromatic heterocycles.